The van der Waals surface area contributed by atoms with Crippen LogP contribution in [-0.4, -0.2) is 50.0 Å². The summed E-state index contributed by atoms with van der Waals surface area (Å²) in [4.78, 5) is 27.6. The molecule has 2 rings (SSSR count). The highest BCUT2D eigenvalue weighted by Crippen LogP contribution is 2.22. The molecule has 192 valence electrons. The third-order valence-electron chi connectivity index (χ3n) is 5.51. The summed E-state index contributed by atoms with van der Waals surface area (Å²) in [5.41, 5.74) is 3.43. The molecule has 35 heavy (non-hydrogen) atoms. The van der Waals surface area contributed by atoms with Crippen molar-refractivity contribution in [3.63, 3.8) is 0 Å². The molecule has 0 fully saturated rings. The zero-order valence-electron chi connectivity index (χ0n) is 21.3. The molecule has 0 radical (unpaired) electrons. The number of aryl methyl sites for hydroxylation is 2. The van der Waals surface area contributed by atoms with Crippen molar-refractivity contribution >= 4 is 43.5 Å². The van der Waals surface area contributed by atoms with E-state index in [1.165, 1.54) is 10.6 Å². The minimum absolute atomic E-state index is 0.0457. The Morgan fingerprint density at radius 3 is 2.09 bits per heavy atom. The Bertz CT molecular complexity index is 1110. The van der Waals surface area contributed by atoms with Crippen LogP contribution < -0.4 is 9.62 Å². The van der Waals surface area contributed by atoms with Gasteiger partial charge in [0.05, 0.1) is 11.9 Å². The first-order chi connectivity index (χ1) is 16.3. The van der Waals surface area contributed by atoms with Crippen LogP contribution >= 0.6 is 15.9 Å². The molecule has 2 aromatic rings. The summed E-state index contributed by atoms with van der Waals surface area (Å²) in [7, 11) is -3.53. The number of sulfonamides is 1. The molecule has 0 unspecified atom stereocenters. The molecule has 1 N–H and O–H groups in total. The van der Waals surface area contributed by atoms with Crippen LogP contribution in [0, 0.1) is 13.8 Å². The van der Waals surface area contributed by atoms with Gasteiger partial charge < -0.3 is 10.2 Å². The van der Waals surface area contributed by atoms with Crippen LogP contribution in [0.3, 0.4) is 0 Å². The van der Waals surface area contributed by atoms with E-state index in [-0.39, 0.29) is 37.4 Å². The van der Waals surface area contributed by atoms with Crippen LogP contribution in [0.5, 0.6) is 0 Å². The molecule has 9 heteroatoms. The SMILES string of the molecule is Cc1cc(C)cc(N(CCCC(=O)N(Cc2ccc(Br)cc2)[C@H](C)C(=O)NC(C)C)S(C)(=O)=O)c1. The van der Waals surface area contributed by atoms with E-state index in [0.717, 1.165) is 21.2 Å². The van der Waals surface area contributed by atoms with Crippen LogP contribution in [0.1, 0.15) is 50.3 Å². The number of hydrogen-bond acceptors (Lipinski definition) is 4. The van der Waals surface area contributed by atoms with Gasteiger partial charge in [-0.1, -0.05) is 34.1 Å². The van der Waals surface area contributed by atoms with E-state index in [9.17, 15) is 18.0 Å². The molecule has 0 saturated heterocycles. The molecule has 0 heterocycles. The molecule has 0 bridgehead atoms. The zero-order chi connectivity index (χ0) is 26.3. The second-order valence-electron chi connectivity index (χ2n) is 9.27. The van der Waals surface area contributed by atoms with E-state index in [2.05, 4.69) is 21.2 Å². The molecule has 0 saturated carbocycles. The average molecular weight is 567 g/mol. The lowest BCUT2D eigenvalue weighted by Crippen LogP contribution is -2.49. The Balaban J connectivity index is 2.19. The van der Waals surface area contributed by atoms with Crippen molar-refractivity contribution in [3.8, 4) is 0 Å². The van der Waals surface area contributed by atoms with Gasteiger partial charge in [-0.05, 0) is 82.0 Å². The first-order valence-electron chi connectivity index (χ1n) is 11.7. The molecule has 0 aliphatic heterocycles. The van der Waals surface area contributed by atoms with Gasteiger partial charge in [0.2, 0.25) is 21.8 Å². The second kappa shape index (κ2) is 12.5. The lowest BCUT2D eigenvalue weighted by Gasteiger charge is -2.30. The minimum Gasteiger partial charge on any atom is -0.352 e. The molecule has 0 aliphatic carbocycles. The van der Waals surface area contributed by atoms with Gasteiger partial charge in [-0.3, -0.25) is 13.9 Å². The van der Waals surface area contributed by atoms with Gasteiger partial charge in [0.25, 0.3) is 0 Å². The highest BCUT2D eigenvalue weighted by Gasteiger charge is 2.27. The largest absolute Gasteiger partial charge is 0.352 e. The molecule has 2 aromatic carbocycles. The third-order valence-corrected chi connectivity index (χ3v) is 7.23. The summed E-state index contributed by atoms with van der Waals surface area (Å²) in [6.45, 7) is 9.76. The Morgan fingerprint density at radius 2 is 1.57 bits per heavy atom. The summed E-state index contributed by atoms with van der Waals surface area (Å²) in [5, 5.41) is 2.87. The Labute approximate surface area is 218 Å². The van der Waals surface area contributed by atoms with Gasteiger partial charge in [-0.25, -0.2) is 8.42 Å². The summed E-state index contributed by atoms with van der Waals surface area (Å²) >= 11 is 3.41. The van der Waals surface area contributed by atoms with Crippen LogP contribution in [0.4, 0.5) is 5.69 Å². The smallest absolute Gasteiger partial charge is 0.242 e. The summed E-state index contributed by atoms with van der Waals surface area (Å²) in [5.74, 6) is -0.424. The van der Waals surface area contributed by atoms with Crippen LogP contribution in [0.15, 0.2) is 46.9 Å². The van der Waals surface area contributed by atoms with E-state index >= 15 is 0 Å². The molecule has 7 nitrogen and oxygen atoms in total. The Kier molecular flexibility index (Phi) is 10.3. The number of amides is 2. The van der Waals surface area contributed by atoms with Crippen molar-refractivity contribution in [2.24, 2.45) is 0 Å². The summed E-state index contributed by atoms with van der Waals surface area (Å²) < 4.78 is 27.3. The molecule has 1 atom stereocenters. The van der Waals surface area contributed by atoms with E-state index < -0.39 is 16.1 Å². The Hall–Kier alpha value is -2.39. The summed E-state index contributed by atoms with van der Waals surface area (Å²) in [6.07, 6.45) is 1.62. The van der Waals surface area contributed by atoms with E-state index in [0.29, 0.717) is 12.1 Å². The number of nitrogens with one attached hydrogen (secondary N) is 1. The van der Waals surface area contributed by atoms with Gasteiger partial charge in [-0.15, -0.1) is 0 Å². The number of rotatable bonds is 11. The van der Waals surface area contributed by atoms with E-state index in [4.69, 9.17) is 0 Å². The van der Waals surface area contributed by atoms with Crippen molar-refractivity contribution in [2.45, 2.75) is 66.1 Å². The number of carbonyl (C=O) groups is 2. The van der Waals surface area contributed by atoms with Crippen molar-refractivity contribution in [3.05, 3.63) is 63.6 Å². The first kappa shape index (κ1) is 28.8. The first-order valence-corrected chi connectivity index (χ1v) is 14.3. The fourth-order valence-electron chi connectivity index (χ4n) is 3.87. The lowest BCUT2D eigenvalue weighted by atomic mass is 10.1. The van der Waals surface area contributed by atoms with Gasteiger partial charge in [0.15, 0.2) is 0 Å². The standard InChI is InChI=1S/C26H36BrN3O4S/c1-18(2)28-26(32)21(5)29(17-22-9-11-23(27)12-10-22)25(31)8-7-13-30(35(6,33)34)24-15-19(3)14-20(4)16-24/h9-12,14-16,18,21H,7-8,13,17H2,1-6H3,(H,28,32)/t21-/m1/s1. The number of carbonyl (C=O) groups excluding carboxylic acids is 2. The van der Waals surface area contributed by atoms with Crippen molar-refractivity contribution < 1.29 is 18.0 Å². The second-order valence-corrected chi connectivity index (χ2v) is 12.1. The minimum atomic E-state index is -3.53. The van der Waals surface area contributed by atoms with E-state index in [1.807, 2.05) is 70.2 Å². The predicted molar refractivity (Wildman–Crippen MR) is 145 cm³/mol. The van der Waals surface area contributed by atoms with E-state index in [1.54, 1.807) is 11.8 Å². The highest BCUT2D eigenvalue weighted by atomic mass is 79.9. The van der Waals surface area contributed by atoms with Gasteiger partial charge >= 0.3 is 0 Å². The fourth-order valence-corrected chi connectivity index (χ4v) is 5.09. The molecule has 0 aromatic heterocycles. The van der Waals surface area contributed by atoms with Gasteiger partial charge in [0.1, 0.15) is 6.04 Å². The maximum atomic E-state index is 13.3. The summed E-state index contributed by atoms with van der Waals surface area (Å²) in [6, 6.07) is 12.5. The topological polar surface area (TPSA) is 86.8 Å². The van der Waals surface area contributed by atoms with Crippen LogP contribution in [0.2, 0.25) is 0 Å². The number of anilines is 1. The van der Waals surface area contributed by atoms with Crippen molar-refractivity contribution in [1.82, 2.24) is 10.2 Å². The average Bonchev–Trinajstić information content (AvgIpc) is 2.73. The number of hydrogen-bond donors (Lipinski definition) is 1. The molecule has 2 amide bonds. The van der Waals surface area contributed by atoms with Crippen LogP contribution in [0.25, 0.3) is 0 Å². The molecular formula is C26H36BrN3O4S. The Morgan fingerprint density at radius 1 is 1.00 bits per heavy atom. The molecule has 0 aliphatic rings. The third kappa shape index (κ3) is 8.96. The van der Waals surface area contributed by atoms with Gasteiger partial charge in [-0.2, -0.15) is 0 Å². The molecule has 0 spiro atoms. The number of halogens is 1. The maximum absolute atomic E-state index is 13.3. The quantitative estimate of drug-likeness (QED) is 0.433. The zero-order valence-corrected chi connectivity index (χ0v) is 23.7. The highest BCUT2D eigenvalue weighted by molar-refractivity contribution is 9.10. The fraction of sp³-hybridized carbons (Fsp3) is 0.462. The van der Waals surface area contributed by atoms with Crippen LogP contribution in [-0.2, 0) is 26.2 Å². The number of nitrogens with zero attached hydrogens (tertiary/aromatic N) is 2. The monoisotopic (exact) mass is 565 g/mol. The normalized spacial score (nSPS) is 12.3. The lowest BCUT2D eigenvalue weighted by molar-refractivity contribution is -0.140. The number of benzene rings is 2. The maximum Gasteiger partial charge on any atom is 0.242 e. The molecular weight excluding hydrogens is 530 g/mol. The van der Waals surface area contributed by atoms with Gasteiger partial charge in [0, 0.05) is 30.0 Å². The van der Waals surface area contributed by atoms with Crippen molar-refractivity contribution in [1.29, 1.82) is 0 Å². The predicted octanol–water partition coefficient (Wildman–Crippen LogP) is 4.55. The van der Waals surface area contributed by atoms with Crippen molar-refractivity contribution in [2.75, 3.05) is 17.1 Å².